The Hall–Kier alpha value is -0.870. The van der Waals surface area contributed by atoms with Gasteiger partial charge in [0.05, 0.1) is 15.1 Å². The van der Waals surface area contributed by atoms with Gasteiger partial charge in [-0.3, -0.25) is 4.79 Å². The van der Waals surface area contributed by atoms with Gasteiger partial charge in [-0.1, -0.05) is 46.4 Å². The Labute approximate surface area is 128 Å². The first-order valence-electron chi connectivity index (χ1n) is 5.02. The molecule has 7 heteroatoms. The minimum Gasteiger partial charge on any atom is -0.505 e. The van der Waals surface area contributed by atoms with Crippen molar-refractivity contribution < 1.29 is 15.0 Å². The molecule has 1 aromatic carbocycles. The molecule has 3 nitrogen and oxygen atoms in total. The van der Waals surface area contributed by atoms with Crippen molar-refractivity contribution in [3.05, 3.63) is 43.4 Å². The average Bonchev–Trinajstić information content (AvgIpc) is 2.67. The van der Waals surface area contributed by atoms with Crippen LogP contribution in [0.15, 0.2) is 27.8 Å². The Morgan fingerprint density at radius 1 is 1.05 bits per heavy atom. The third-order valence-corrected chi connectivity index (χ3v) is 3.95. The summed E-state index contributed by atoms with van der Waals surface area (Å²) in [7, 11) is 0. The molecule has 19 heavy (non-hydrogen) atoms. The van der Waals surface area contributed by atoms with Crippen LogP contribution in [-0.4, -0.2) is 16.0 Å². The van der Waals surface area contributed by atoms with Crippen molar-refractivity contribution in [2.45, 2.75) is 6.42 Å². The molecule has 1 aromatic rings. The molecule has 0 amide bonds. The summed E-state index contributed by atoms with van der Waals surface area (Å²) in [6.45, 7) is 0. The fourth-order valence-corrected chi connectivity index (χ4v) is 2.51. The lowest BCUT2D eigenvalue weighted by atomic mass is 10.0. The lowest BCUT2D eigenvalue weighted by molar-refractivity contribution is 0.102. The van der Waals surface area contributed by atoms with E-state index in [2.05, 4.69) is 0 Å². The third kappa shape index (κ3) is 2.56. The Morgan fingerprint density at radius 2 is 1.58 bits per heavy atom. The van der Waals surface area contributed by atoms with E-state index in [0.29, 0.717) is 5.03 Å². The van der Waals surface area contributed by atoms with E-state index < -0.39 is 17.3 Å². The fraction of sp³-hybridized carbons (Fsp3) is 0.0833. The average molecular weight is 340 g/mol. The molecular weight excluding hydrogens is 334 g/mol. The number of phenolic OH excluding ortho intramolecular Hbond substituents is 2. The maximum atomic E-state index is 12.2. The third-order valence-electron chi connectivity index (χ3n) is 2.60. The number of hydrogen-bond donors (Lipinski definition) is 2. The topological polar surface area (TPSA) is 57.5 Å². The number of rotatable bonds is 2. The number of Topliss-reactive ketones (excluding diaryl/α,β-unsaturated/α-hetero) is 1. The number of allylic oxidation sites excluding steroid dienone is 4. The van der Waals surface area contributed by atoms with Gasteiger partial charge in [-0.15, -0.1) is 0 Å². The summed E-state index contributed by atoms with van der Waals surface area (Å²) in [5.74, 6) is -1.70. The molecule has 0 heterocycles. The molecule has 0 saturated carbocycles. The number of halogens is 4. The predicted molar refractivity (Wildman–Crippen MR) is 75.6 cm³/mol. The molecule has 2 rings (SSSR count). The van der Waals surface area contributed by atoms with Crippen LogP contribution in [-0.2, 0) is 0 Å². The summed E-state index contributed by atoms with van der Waals surface area (Å²) in [4.78, 5) is 12.2. The molecular formula is C12H6Cl4O3. The standard InChI is InChI=1S/C12H6Cl4O3/c13-5-1-4(2-6(5)14)10(17)9-11(18)7(15)3-8(16)12(9)19/h1,3,18-19H,2H2. The van der Waals surface area contributed by atoms with Crippen LogP contribution in [0.5, 0.6) is 11.5 Å². The van der Waals surface area contributed by atoms with Gasteiger partial charge >= 0.3 is 0 Å². The molecule has 2 N–H and O–H groups in total. The second-order valence-corrected chi connectivity index (χ2v) is 5.52. The molecule has 0 atom stereocenters. The van der Waals surface area contributed by atoms with Crippen molar-refractivity contribution in [2.24, 2.45) is 0 Å². The number of carbonyl (C=O) groups is 1. The van der Waals surface area contributed by atoms with E-state index >= 15 is 0 Å². The van der Waals surface area contributed by atoms with Gasteiger partial charge in [0.2, 0.25) is 0 Å². The van der Waals surface area contributed by atoms with Crippen LogP contribution in [0.1, 0.15) is 16.8 Å². The van der Waals surface area contributed by atoms with E-state index in [1.165, 1.54) is 6.08 Å². The molecule has 100 valence electrons. The number of benzene rings is 1. The predicted octanol–water partition coefficient (Wildman–Crippen LogP) is 4.61. The largest absolute Gasteiger partial charge is 0.505 e. The minimum absolute atomic E-state index is 0.127. The molecule has 0 fully saturated rings. The maximum Gasteiger partial charge on any atom is 0.197 e. The smallest absolute Gasteiger partial charge is 0.197 e. The first kappa shape index (κ1) is 14.5. The first-order valence-corrected chi connectivity index (χ1v) is 6.53. The summed E-state index contributed by atoms with van der Waals surface area (Å²) in [6.07, 6.45) is 1.50. The number of carbonyl (C=O) groups excluding carboxylic acids is 1. The summed E-state index contributed by atoms with van der Waals surface area (Å²) < 4.78 is 0. The van der Waals surface area contributed by atoms with Gasteiger partial charge in [-0.25, -0.2) is 0 Å². The highest BCUT2D eigenvalue weighted by Gasteiger charge is 2.27. The maximum absolute atomic E-state index is 12.2. The molecule has 0 unspecified atom stereocenters. The van der Waals surface area contributed by atoms with E-state index in [4.69, 9.17) is 46.4 Å². The lowest BCUT2D eigenvalue weighted by Crippen LogP contribution is -2.03. The number of phenols is 2. The van der Waals surface area contributed by atoms with E-state index in [1.54, 1.807) is 0 Å². The molecule has 0 aromatic heterocycles. The summed E-state index contributed by atoms with van der Waals surface area (Å²) in [5, 5.41) is 19.9. The van der Waals surface area contributed by atoms with Gasteiger partial charge in [0.1, 0.15) is 17.1 Å². The Morgan fingerprint density at radius 3 is 2.00 bits per heavy atom. The molecule has 0 saturated heterocycles. The van der Waals surface area contributed by atoms with Crippen LogP contribution < -0.4 is 0 Å². The highest BCUT2D eigenvalue weighted by atomic mass is 35.5. The Kier molecular flexibility index (Phi) is 4.02. The molecule has 1 aliphatic carbocycles. The van der Waals surface area contributed by atoms with Crippen molar-refractivity contribution in [2.75, 3.05) is 0 Å². The highest BCUT2D eigenvalue weighted by Crippen LogP contribution is 2.42. The summed E-state index contributed by atoms with van der Waals surface area (Å²) in [6, 6.07) is 1.14. The van der Waals surface area contributed by atoms with Gasteiger partial charge < -0.3 is 10.2 Å². The molecule has 0 bridgehead atoms. The second-order valence-electron chi connectivity index (χ2n) is 3.84. The van der Waals surface area contributed by atoms with Gasteiger partial charge in [0.15, 0.2) is 5.78 Å². The van der Waals surface area contributed by atoms with Crippen LogP contribution in [0.3, 0.4) is 0 Å². The second kappa shape index (κ2) is 5.25. The van der Waals surface area contributed by atoms with Crippen molar-refractivity contribution in [1.82, 2.24) is 0 Å². The first-order chi connectivity index (χ1) is 8.82. The van der Waals surface area contributed by atoms with Crippen molar-refractivity contribution in [1.29, 1.82) is 0 Å². The summed E-state index contributed by atoms with van der Waals surface area (Å²) in [5.41, 5.74) is -0.126. The lowest BCUT2D eigenvalue weighted by Gasteiger charge is -2.10. The summed E-state index contributed by atoms with van der Waals surface area (Å²) >= 11 is 23.0. The van der Waals surface area contributed by atoms with Gasteiger partial charge in [-0.2, -0.15) is 0 Å². The fourth-order valence-electron chi connectivity index (χ4n) is 1.65. The van der Waals surface area contributed by atoms with Gasteiger partial charge in [-0.05, 0) is 12.1 Å². The van der Waals surface area contributed by atoms with Gasteiger partial charge in [0, 0.05) is 17.0 Å². The quantitative estimate of drug-likeness (QED) is 0.774. The van der Waals surface area contributed by atoms with Crippen molar-refractivity contribution >= 4 is 52.2 Å². The number of hydrogen-bond acceptors (Lipinski definition) is 3. The van der Waals surface area contributed by atoms with E-state index in [-0.39, 0.29) is 32.6 Å². The zero-order valence-corrected chi connectivity index (χ0v) is 12.2. The Bertz CT molecular complexity index is 621. The monoisotopic (exact) mass is 338 g/mol. The molecule has 1 aliphatic rings. The van der Waals surface area contributed by atoms with Crippen LogP contribution >= 0.6 is 46.4 Å². The Balaban J connectivity index is 2.50. The van der Waals surface area contributed by atoms with Crippen molar-refractivity contribution in [3.8, 4) is 11.5 Å². The molecule has 0 aliphatic heterocycles. The van der Waals surface area contributed by atoms with Crippen LogP contribution in [0, 0.1) is 0 Å². The normalized spacial score (nSPS) is 14.8. The van der Waals surface area contributed by atoms with Crippen LogP contribution in [0.25, 0.3) is 0 Å². The van der Waals surface area contributed by atoms with Crippen molar-refractivity contribution in [3.63, 3.8) is 0 Å². The zero-order valence-electron chi connectivity index (χ0n) is 9.18. The molecule has 0 spiro atoms. The van der Waals surface area contributed by atoms with E-state index in [9.17, 15) is 15.0 Å². The van der Waals surface area contributed by atoms with Crippen LogP contribution in [0.2, 0.25) is 10.0 Å². The zero-order chi connectivity index (χ0) is 14.3. The number of ketones is 1. The van der Waals surface area contributed by atoms with E-state index in [0.717, 1.165) is 6.07 Å². The van der Waals surface area contributed by atoms with Gasteiger partial charge in [0.25, 0.3) is 0 Å². The SMILES string of the molecule is O=C(C1=CC(Cl)=C(Cl)C1)c1c(O)c(Cl)cc(Cl)c1O. The number of aromatic hydroxyl groups is 2. The minimum atomic E-state index is -0.631. The molecule has 0 radical (unpaired) electrons. The van der Waals surface area contributed by atoms with E-state index in [1.807, 2.05) is 0 Å². The van der Waals surface area contributed by atoms with Crippen LogP contribution in [0.4, 0.5) is 0 Å². The highest BCUT2D eigenvalue weighted by molar-refractivity contribution is 6.42.